The molecule has 0 radical (unpaired) electrons. The van der Waals surface area contributed by atoms with Crippen LogP contribution in [-0.2, 0) is 0 Å². The van der Waals surface area contributed by atoms with Crippen molar-refractivity contribution in [3.8, 4) is 0 Å². The molecule has 2 heterocycles. The lowest BCUT2D eigenvalue weighted by atomic mass is 10.2. The van der Waals surface area contributed by atoms with Crippen LogP contribution in [0.4, 0.5) is 5.13 Å². The largest absolute Gasteiger partial charge is 0.296 e. The monoisotopic (exact) mass is 316 g/mol. The minimum absolute atomic E-state index is 0.165. The topological polar surface area (TPSA) is 67.8 Å². The molecule has 0 bridgehead atoms. The summed E-state index contributed by atoms with van der Waals surface area (Å²) in [6, 6.07) is 2.88. The van der Waals surface area contributed by atoms with Crippen molar-refractivity contribution in [2.45, 2.75) is 19.8 Å². The van der Waals surface area contributed by atoms with Crippen LogP contribution in [0.5, 0.6) is 0 Å². The number of carbonyl (C=O) groups excluding carboxylic acids is 1. The summed E-state index contributed by atoms with van der Waals surface area (Å²) in [5, 5.41) is 12.2. The van der Waals surface area contributed by atoms with Gasteiger partial charge in [0, 0.05) is 11.5 Å². The number of carbonyl (C=O) groups is 1. The summed E-state index contributed by atoms with van der Waals surface area (Å²) in [4.78, 5) is 15.8. The zero-order chi connectivity index (χ0) is 14.0. The summed E-state index contributed by atoms with van der Waals surface area (Å²) in [5.41, 5.74) is 0.325. The standard InChI is InChI=1S/C11H10Cl2N4OS/c1-5(2)10-16-17-11(19-10)15-9(18)6-3-7(12)14-8(13)4-6/h3-5H,1-2H3,(H,15,17,18). The van der Waals surface area contributed by atoms with E-state index in [0.717, 1.165) is 5.01 Å². The minimum atomic E-state index is -0.349. The van der Waals surface area contributed by atoms with Gasteiger partial charge in [0.15, 0.2) is 0 Å². The summed E-state index contributed by atoms with van der Waals surface area (Å²) < 4.78 is 0. The van der Waals surface area contributed by atoms with E-state index in [2.05, 4.69) is 20.5 Å². The summed E-state index contributed by atoms with van der Waals surface area (Å²) in [5.74, 6) is -0.0781. The fourth-order valence-corrected chi connectivity index (χ4v) is 2.48. The Morgan fingerprint density at radius 2 is 1.89 bits per heavy atom. The highest BCUT2D eigenvalue weighted by Gasteiger charge is 2.13. The van der Waals surface area contributed by atoms with Crippen molar-refractivity contribution in [1.29, 1.82) is 0 Å². The first kappa shape index (κ1) is 14.2. The van der Waals surface area contributed by atoms with Gasteiger partial charge in [-0.15, -0.1) is 10.2 Å². The average Bonchev–Trinajstić information content (AvgIpc) is 2.76. The van der Waals surface area contributed by atoms with Crippen LogP contribution in [0.3, 0.4) is 0 Å². The smallest absolute Gasteiger partial charge is 0.257 e. The van der Waals surface area contributed by atoms with Gasteiger partial charge in [-0.2, -0.15) is 0 Å². The van der Waals surface area contributed by atoms with E-state index >= 15 is 0 Å². The molecule has 0 spiro atoms. The molecule has 0 fully saturated rings. The van der Waals surface area contributed by atoms with E-state index in [1.54, 1.807) is 0 Å². The first-order chi connectivity index (χ1) is 8.95. The van der Waals surface area contributed by atoms with Gasteiger partial charge in [0.25, 0.3) is 5.91 Å². The molecule has 0 atom stereocenters. The van der Waals surface area contributed by atoms with E-state index in [9.17, 15) is 4.79 Å². The van der Waals surface area contributed by atoms with Gasteiger partial charge in [-0.3, -0.25) is 10.1 Å². The van der Waals surface area contributed by atoms with Gasteiger partial charge in [0.1, 0.15) is 15.3 Å². The SMILES string of the molecule is CC(C)c1nnc(NC(=O)c2cc(Cl)nc(Cl)c2)s1. The Morgan fingerprint density at radius 1 is 1.26 bits per heavy atom. The maximum atomic E-state index is 12.0. The van der Waals surface area contributed by atoms with Gasteiger partial charge in [0.05, 0.1) is 0 Å². The number of rotatable bonds is 3. The number of aromatic nitrogens is 3. The molecular formula is C11H10Cl2N4OS. The second-order valence-corrected chi connectivity index (χ2v) is 5.84. The Morgan fingerprint density at radius 3 is 2.42 bits per heavy atom. The number of amides is 1. The molecule has 0 aliphatic rings. The molecule has 1 N–H and O–H groups in total. The number of hydrogen-bond donors (Lipinski definition) is 1. The van der Waals surface area contributed by atoms with Gasteiger partial charge in [-0.05, 0) is 12.1 Å². The van der Waals surface area contributed by atoms with E-state index in [-0.39, 0.29) is 22.1 Å². The van der Waals surface area contributed by atoms with E-state index in [1.165, 1.54) is 23.5 Å². The summed E-state index contributed by atoms with van der Waals surface area (Å²) in [6.45, 7) is 4.02. The summed E-state index contributed by atoms with van der Waals surface area (Å²) >= 11 is 12.8. The third kappa shape index (κ3) is 3.62. The van der Waals surface area contributed by atoms with Crippen molar-refractivity contribution < 1.29 is 4.79 Å². The molecule has 2 rings (SSSR count). The van der Waals surface area contributed by atoms with Gasteiger partial charge in [-0.1, -0.05) is 48.4 Å². The van der Waals surface area contributed by atoms with Gasteiger partial charge in [0.2, 0.25) is 5.13 Å². The molecule has 2 aromatic heterocycles. The van der Waals surface area contributed by atoms with Gasteiger partial charge < -0.3 is 0 Å². The summed E-state index contributed by atoms with van der Waals surface area (Å²) in [6.07, 6.45) is 0. The molecule has 100 valence electrons. The van der Waals surface area contributed by atoms with Crippen LogP contribution < -0.4 is 5.32 Å². The van der Waals surface area contributed by atoms with E-state index in [1.807, 2.05) is 13.8 Å². The molecule has 19 heavy (non-hydrogen) atoms. The van der Waals surface area contributed by atoms with Crippen LogP contribution in [0, 0.1) is 0 Å². The Labute approximate surface area is 124 Å². The molecule has 0 aromatic carbocycles. The van der Waals surface area contributed by atoms with Crippen molar-refractivity contribution in [3.05, 3.63) is 33.0 Å². The van der Waals surface area contributed by atoms with Crippen LogP contribution in [0.25, 0.3) is 0 Å². The maximum absolute atomic E-state index is 12.0. The van der Waals surface area contributed by atoms with Crippen molar-refractivity contribution in [1.82, 2.24) is 15.2 Å². The first-order valence-electron chi connectivity index (χ1n) is 5.43. The molecule has 5 nitrogen and oxygen atoms in total. The van der Waals surface area contributed by atoms with E-state index in [4.69, 9.17) is 23.2 Å². The number of pyridine rings is 1. The second kappa shape index (κ2) is 5.81. The average molecular weight is 317 g/mol. The molecule has 2 aromatic rings. The zero-order valence-electron chi connectivity index (χ0n) is 10.1. The Hall–Kier alpha value is -1.24. The molecular weight excluding hydrogens is 307 g/mol. The number of hydrogen-bond acceptors (Lipinski definition) is 5. The zero-order valence-corrected chi connectivity index (χ0v) is 12.5. The lowest BCUT2D eigenvalue weighted by Gasteiger charge is -2.02. The normalized spacial score (nSPS) is 10.8. The Balaban J connectivity index is 2.15. The van der Waals surface area contributed by atoms with E-state index < -0.39 is 0 Å². The minimum Gasteiger partial charge on any atom is -0.296 e. The lowest BCUT2D eigenvalue weighted by Crippen LogP contribution is -2.12. The Bertz CT molecular complexity index is 594. The number of nitrogens with zero attached hydrogens (tertiary/aromatic N) is 3. The van der Waals surface area contributed by atoms with Gasteiger partial charge >= 0.3 is 0 Å². The van der Waals surface area contributed by atoms with Gasteiger partial charge in [-0.25, -0.2) is 4.98 Å². The quantitative estimate of drug-likeness (QED) is 0.878. The third-order valence-electron chi connectivity index (χ3n) is 2.18. The van der Waals surface area contributed by atoms with E-state index in [0.29, 0.717) is 10.7 Å². The van der Waals surface area contributed by atoms with Crippen LogP contribution in [0.2, 0.25) is 10.3 Å². The Kier molecular flexibility index (Phi) is 4.34. The van der Waals surface area contributed by atoms with Crippen molar-refractivity contribution >= 4 is 45.6 Å². The highest BCUT2D eigenvalue weighted by atomic mass is 35.5. The first-order valence-corrected chi connectivity index (χ1v) is 7.01. The van der Waals surface area contributed by atoms with Crippen LogP contribution in [0.15, 0.2) is 12.1 Å². The fourth-order valence-electron chi connectivity index (χ4n) is 1.28. The van der Waals surface area contributed by atoms with Crippen molar-refractivity contribution in [2.75, 3.05) is 5.32 Å². The third-order valence-corrected chi connectivity index (χ3v) is 3.71. The molecule has 0 aliphatic carbocycles. The molecule has 0 saturated heterocycles. The van der Waals surface area contributed by atoms with Crippen molar-refractivity contribution in [3.63, 3.8) is 0 Å². The highest BCUT2D eigenvalue weighted by molar-refractivity contribution is 7.15. The number of halogens is 2. The number of anilines is 1. The molecule has 0 unspecified atom stereocenters. The van der Waals surface area contributed by atoms with Crippen LogP contribution in [0.1, 0.15) is 35.1 Å². The predicted molar refractivity (Wildman–Crippen MR) is 76.2 cm³/mol. The summed E-state index contributed by atoms with van der Waals surface area (Å²) in [7, 11) is 0. The van der Waals surface area contributed by atoms with Crippen LogP contribution in [-0.4, -0.2) is 21.1 Å². The molecule has 1 amide bonds. The second-order valence-electron chi connectivity index (χ2n) is 4.06. The van der Waals surface area contributed by atoms with Crippen LogP contribution >= 0.6 is 34.5 Å². The van der Waals surface area contributed by atoms with Crippen molar-refractivity contribution in [2.24, 2.45) is 0 Å². The lowest BCUT2D eigenvalue weighted by molar-refractivity contribution is 0.102. The molecule has 0 saturated carbocycles. The highest BCUT2D eigenvalue weighted by Crippen LogP contribution is 2.23. The number of nitrogens with one attached hydrogen (secondary N) is 1. The molecule has 0 aliphatic heterocycles. The maximum Gasteiger partial charge on any atom is 0.257 e. The predicted octanol–water partition coefficient (Wildman–Crippen LogP) is 3.62. The fraction of sp³-hybridized carbons (Fsp3) is 0.273. The molecule has 8 heteroatoms.